The summed E-state index contributed by atoms with van der Waals surface area (Å²) in [5.74, 6) is -1.20. The molecule has 4 heterocycles. The Bertz CT molecular complexity index is 1250. The molecule has 5 rings (SSSR count). The number of hydrogen-bond donors (Lipinski definition) is 0. The Morgan fingerprint density at radius 3 is 2.61 bits per heavy atom. The number of benzene rings is 1. The molecule has 0 saturated carbocycles. The van der Waals surface area contributed by atoms with Crippen molar-refractivity contribution in [3.63, 3.8) is 0 Å². The van der Waals surface area contributed by atoms with Crippen molar-refractivity contribution < 1.29 is 13.6 Å². The number of amides is 1. The second kappa shape index (κ2) is 8.03. The van der Waals surface area contributed by atoms with Gasteiger partial charge in [0.05, 0.1) is 5.56 Å². The van der Waals surface area contributed by atoms with Gasteiger partial charge in [0.15, 0.2) is 5.82 Å². The number of rotatable bonds is 3. The Labute approximate surface area is 181 Å². The summed E-state index contributed by atoms with van der Waals surface area (Å²) in [6, 6.07) is 9.05. The van der Waals surface area contributed by atoms with E-state index in [0.29, 0.717) is 26.2 Å². The molecule has 5 nitrogen and oxygen atoms in total. The molecule has 4 aromatic rings. The molecule has 1 aromatic carbocycles. The molecular formula is C23H18F2N4OS. The summed E-state index contributed by atoms with van der Waals surface area (Å²) in [6.45, 7) is 1.92. The summed E-state index contributed by atoms with van der Waals surface area (Å²) < 4.78 is 27.2. The summed E-state index contributed by atoms with van der Waals surface area (Å²) in [5, 5.41) is 5.14. The molecule has 156 valence electrons. The molecule has 0 spiro atoms. The van der Waals surface area contributed by atoms with Crippen LogP contribution in [0.3, 0.4) is 0 Å². The van der Waals surface area contributed by atoms with Gasteiger partial charge in [-0.1, -0.05) is 6.07 Å². The summed E-state index contributed by atoms with van der Waals surface area (Å²) in [6.07, 6.45) is 3.62. The molecule has 8 heteroatoms. The molecule has 0 N–H and O–H groups in total. The zero-order valence-corrected chi connectivity index (χ0v) is 17.3. The minimum absolute atomic E-state index is 0.111. The summed E-state index contributed by atoms with van der Waals surface area (Å²) in [7, 11) is 0. The lowest BCUT2D eigenvalue weighted by Gasteiger charge is -2.35. The number of pyridine rings is 2. The molecule has 1 amide bonds. The Morgan fingerprint density at radius 2 is 1.87 bits per heavy atom. The molecule has 31 heavy (non-hydrogen) atoms. The Balaban J connectivity index is 1.39. The third kappa shape index (κ3) is 3.63. The van der Waals surface area contributed by atoms with Crippen LogP contribution in [0.15, 0.2) is 59.6 Å². The summed E-state index contributed by atoms with van der Waals surface area (Å²) in [4.78, 5) is 25.6. The zero-order valence-electron chi connectivity index (χ0n) is 16.5. The monoisotopic (exact) mass is 436 g/mol. The van der Waals surface area contributed by atoms with E-state index < -0.39 is 17.5 Å². The van der Waals surface area contributed by atoms with Crippen LogP contribution in [-0.2, 0) is 0 Å². The van der Waals surface area contributed by atoms with Gasteiger partial charge < -0.3 is 9.80 Å². The topological polar surface area (TPSA) is 49.3 Å². The average Bonchev–Trinajstić information content (AvgIpc) is 3.33. The molecule has 3 aromatic heterocycles. The van der Waals surface area contributed by atoms with Gasteiger partial charge in [-0.2, -0.15) is 11.3 Å². The van der Waals surface area contributed by atoms with E-state index in [-0.39, 0.29) is 5.56 Å². The van der Waals surface area contributed by atoms with E-state index in [4.69, 9.17) is 4.98 Å². The fourth-order valence-corrected chi connectivity index (χ4v) is 4.55. The number of anilines is 1. The van der Waals surface area contributed by atoms with Crippen molar-refractivity contribution in [3.8, 4) is 11.1 Å². The van der Waals surface area contributed by atoms with E-state index in [1.165, 1.54) is 6.07 Å². The lowest BCUT2D eigenvalue weighted by molar-refractivity contribution is 0.0742. The minimum atomic E-state index is -0.840. The maximum Gasteiger partial charge on any atom is 0.256 e. The summed E-state index contributed by atoms with van der Waals surface area (Å²) >= 11 is 1.63. The van der Waals surface area contributed by atoms with Crippen molar-refractivity contribution in [3.05, 3.63) is 76.7 Å². The first-order valence-electron chi connectivity index (χ1n) is 9.87. The maximum absolute atomic E-state index is 14.0. The van der Waals surface area contributed by atoms with E-state index in [0.717, 1.165) is 40.0 Å². The first-order valence-corrected chi connectivity index (χ1v) is 10.8. The number of carbonyl (C=O) groups is 1. The fraction of sp³-hybridized carbons (Fsp3) is 0.174. The van der Waals surface area contributed by atoms with Gasteiger partial charge in [0.2, 0.25) is 0 Å². The van der Waals surface area contributed by atoms with Crippen molar-refractivity contribution in [2.75, 3.05) is 31.1 Å². The molecule has 0 aliphatic carbocycles. The standard InChI is InChI=1S/C23H18F2N4OS/c24-16-3-4-18(20(25)12-16)23(30)29-9-7-28(8-10-29)22-21-17(2-1-6-26-21)19(13-27-22)15-5-11-31-14-15/h1-6,11-14H,7-10H2. The van der Waals surface area contributed by atoms with E-state index in [1.807, 2.05) is 23.7 Å². The Hall–Kier alpha value is -3.39. The molecule has 0 radical (unpaired) electrons. The molecule has 0 atom stereocenters. The van der Waals surface area contributed by atoms with Gasteiger partial charge in [-0.25, -0.2) is 13.8 Å². The zero-order chi connectivity index (χ0) is 21.4. The predicted molar refractivity (Wildman–Crippen MR) is 117 cm³/mol. The largest absolute Gasteiger partial charge is 0.351 e. The van der Waals surface area contributed by atoms with Crippen LogP contribution in [0.4, 0.5) is 14.6 Å². The predicted octanol–water partition coefficient (Wildman–Crippen LogP) is 4.60. The molecule has 0 unspecified atom stereocenters. The van der Waals surface area contributed by atoms with Crippen LogP contribution in [0.1, 0.15) is 10.4 Å². The average molecular weight is 436 g/mol. The maximum atomic E-state index is 14.0. The lowest BCUT2D eigenvalue weighted by Crippen LogP contribution is -2.49. The lowest BCUT2D eigenvalue weighted by atomic mass is 10.1. The first-order chi connectivity index (χ1) is 15.1. The number of aromatic nitrogens is 2. The molecule has 0 bridgehead atoms. The van der Waals surface area contributed by atoms with Crippen LogP contribution in [-0.4, -0.2) is 47.0 Å². The Kier molecular flexibility index (Phi) is 5.07. The van der Waals surface area contributed by atoms with Gasteiger partial charge in [-0.3, -0.25) is 9.78 Å². The first kappa shape index (κ1) is 19.6. The smallest absolute Gasteiger partial charge is 0.256 e. The molecular weight excluding hydrogens is 418 g/mol. The van der Waals surface area contributed by atoms with Crippen molar-refractivity contribution >= 4 is 34.0 Å². The quantitative estimate of drug-likeness (QED) is 0.471. The molecule has 1 aliphatic heterocycles. The van der Waals surface area contributed by atoms with Gasteiger partial charge in [0.1, 0.15) is 17.2 Å². The highest BCUT2D eigenvalue weighted by molar-refractivity contribution is 7.08. The fourth-order valence-electron chi connectivity index (χ4n) is 3.89. The van der Waals surface area contributed by atoms with Crippen LogP contribution >= 0.6 is 11.3 Å². The number of nitrogens with zero attached hydrogens (tertiary/aromatic N) is 4. The SMILES string of the molecule is O=C(c1ccc(F)cc1F)N1CCN(c2ncc(-c3ccsc3)c3cccnc23)CC1. The number of carbonyl (C=O) groups excluding carboxylic acids is 1. The van der Waals surface area contributed by atoms with Gasteiger partial charge in [-0.05, 0) is 40.6 Å². The summed E-state index contributed by atoms with van der Waals surface area (Å²) in [5.41, 5.74) is 2.85. The van der Waals surface area contributed by atoms with Crippen LogP contribution < -0.4 is 4.90 Å². The number of thiophene rings is 1. The third-order valence-corrected chi connectivity index (χ3v) is 6.17. The van der Waals surface area contributed by atoms with Gasteiger partial charge in [0.25, 0.3) is 5.91 Å². The number of fused-ring (bicyclic) bond motifs is 1. The van der Waals surface area contributed by atoms with Gasteiger partial charge in [-0.15, -0.1) is 0 Å². The van der Waals surface area contributed by atoms with E-state index in [2.05, 4.69) is 21.3 Å². The second-order valence-corrected chi connectivity index (χ2v) is 8.09. The third-order valence-electron chi connectivity index (χ3n) is 5.49. The normalized spacial score (nSPS) is 14.3. The van der Waals surface area contributed by atoms with Crippen LogP contribution in [0.2, 0.25) is 0 Å². The molecule has 1 saturated heterocycles. The van der Waals surface area contributed by atoms with E-state index in [1.54, 1.807) is 22.4 Å². The number of hydrogen-bond acceptors (Lipinski definition) is 5. The molecule has 1 aliphatic rings. The van der Waals surface area contributed by atoms with E-state index >= 15 is 0 Å². The number of halogens is 2. The van der Waals surface area contributed by atoms with Gasteiger partial charge in [0, 0.05) is 55.6 Å². The van der Waals surface area contributed by atoms with Crippen LogP contribution in [0, 0.1) is 11.6 Å². The minimum Gasteiger partial charge on any atom is -0.351 e. The van der Waals surface area contributed by atoms with Crippen molar-refractivity contribution in [2.45, 2.75) is 0 Å². The van der Waals surface area contributed by atoms with Crippen LogP contribution in [0.5, 0.6) is 0 Å². The molecule has 1 fully saturated rings. The van der Waals surface area contributed by atoms with Crippen molar-refractivity contribution in [1.82, 2.24) is 14.9 Å². The van der Waals surface area contributed by atoms with Crippen LogP contribution in [0.25, 0.3) is 22.0 Å². The second-order valence-electron chi connectivity index (χ2n) is 7.31. The number of piperazine rings is 1. The Morgan fingerprint density at radius 1 is 1.03 bits per heavy atom. The highest BCUT2D eigenvalue weighted by atomic mass is 32.1. The van der Waals surface area contributed by atoms with Crippen molar-refractivity contribution in [2.24, 2.45) is 0 Å². The van der Waals surface area contributed by atoms with Crippen molar-refractivity contribution in [1.29, 1.82) is 0 Å². The van der Waals surface area contributed by atoms with E-state index in [9.17, 15) is 13.6 Å². The van der Waals surface area contributed by atoms with Gasteiger partial charge >= 0.3 is 0 Å². The highest BCUT2D eigenvalue weighted by Gasteiger charge is 2.26. The highest BCUT2D eigenvalue weighted by Crippen LogP contribution is 2.33.